The summed E-state index contributed by atoms with van der Waals surface area (Å²) in [4.78, 5) is 15.4. The van der Waals surface area contributed by atoms with Gasteiger partial charge < -0.3 is 16.0 Å². The van der Waals surface area contributed by atoms with Crippen LogP contribution in [0.15, 0.2) is 35.7 Å². The fraction of sp³-hybridized carbons (Fsp3) is 0.353. The van der Waals surface area contributed by atoms with Gasteiger partial charge in [0.25, 0.3) is 5.91 Å². The van der Waals surface area contributed by atoms with Crippen LogP contribution in [0.2, 0.25) is 0 Å². The minimum Gasteiger partial charge on any atom is -0.370 e. The van der Waals surface area contributed by atoms with Gasteiger partial charge in [-0.05, 0) is 48.4 Å². The fourth-order valence-corrected chi connectivity index (χ4v) is 3.43. The molecule has 1 aromatic heterocycles. The Kier molecular flexibility index (Phi) is 4.75. The van der Waals surface area contributed by atoms with Gasteiger partial charge >= 0.3 is 0 Å². The number of benzene rings is 1. The smallest absolute Gasteiger partial charge is 0.265 e. The number of nitrogens with two attached hydrogens (primary N) is 1. The molecule has 2 heterocycles. The van der Waals surface area contributed by atoms with Crippen LogP contribution in [-0.4, -0.2) is 19.0 Å². The van der Waals surface area contributed by atoms with Crippen molar-refractivity contribution in [3.8, 4) is 0 Å². The van der Waals surface area contributed by atoms with Crippen molar-refractivity contribution in [1.82, 2.24) is 0 Å². The maximum atomic E-state index is 12.4. The molecule has 1 fully saturated rings. The number of nitrogens with one attached hydrogen (secondary N) is 1. The van der Waals surface area contributed by atoms with Crippen LogP contribution in [0, 0.1) is 0 Å². The first-order valence-electron chi connectivity index (χ1n) is 7.71. The molecule has 1 aliphatic rings. The molecular weight excluding hydrogens is 294 g/mol. The van der Waals surface area contributed by atoms with E-state index in [0.29, 0.717) is 6.54 Å². The van der Waals surface area contributed by atoms with Crippen molar-refractivity contribution in [2.45, 2.75) is 25.8 Å². The minimum atomic E-state index is -0.0533. The molecule has 0 aliphatic carbocycles. The van der Waals surface area contributed by atoms with Crippen molar-refractivity contribution >= 4 is 28.6 Å². The van der Waals surface area contributed by atoms with Gasteiger partial charge in [0.2, 0.25) is 0 Å². The summed E-state index contributed by atoms with van der Waals surface area (Å²) in [5, 5.41) is 4.97. The Morgan fingerprint density at radius 1 is 1.23 bits per heavy atom. The van der Waals surface area contributed by atoms with E-state index in [0.717, 1.165) is 34.9 Å². The number of amides is 1. The second kappa shape index (κ2) is 6.94. The van der Waals surface area contributed by atoms with Crippen LogP contribution in [0.25, 0.3) is 0 Å². The zero-order chi connectivity index (χ0) is 15.4. The Balaban J connectivity index is 1.87. The van der Waals surface area contributed by atoms with E-state index in [1.54, 1.807) is 0 Å². The number of rotatable bonds is 4. The molecule has 0 spiro atoms. The van der Waals surface area contributed by atoms with E-state index in [4.69, 9.17) is 5.73 Å². The largest absolute Gasteiger partial charge is 0.370 e. The van der Waals surface area contributed by atoms with Crippen molar-refractivity contribution in [3.05, 3.63) is 46.2 Å². The molecule has 0 unspecified atom stereocenters. The number of hydrogen-bond donors (Lipinski definition) is 2. The average Bonchev–Trinajstić information content (AvgIpc) is 3.10. The Morgan fingerprint density at radius 3 is 2.73 bits per heavy atom. The van der Waals surface area contributed by atoms with Crippen LogP contribution < -0.4 is 16.0 Å². The fourth-order valence-electron chi connectivity index (χ4n) is 2.81. The van der Waals surface area contributed by atoms with Crippen LogP contribution >= 0.6 is 11.3 Å². The number of carbonyl (C=O) groups excluding carboxylic acids is 1. The van der Waals surface area contributed by atoms with Crippen LogP contribution in [0.3, 0.4) is 0 Å². The summed E-state index contributed by atoms with van der Waals surface area (Å²) in [6.45, 7) is 2.57. The van der Waals surface area contributed by atoms with Crippen LogP contribution in [0.5, 0.6) is 0 Å². The van der Waals surface area contributed by atoms with E-state index in [1.165, 1.54) is 30.6 Å². The predicted octanol–water partition coefficient (Wildman–Crippen LogP) is 3.45. The Hall–Kier alpha value is -1.85. The predicted molar refractivity (Wildman–Crippen MR) is 92.7 cm³/mol. The van der Waals surface area contributed by atoms with E-state index in [-0.39, 0.29) is 5.91 Å². The first-order chi connectivity index (χ1) is 10.8. The molecule has 5 heteroatoms. The lowest BCUT2D eigenvalue weighted by atomic mass is 10.1. The van der Waals surface area contributed by atoms with E-state index >= 15 is 0 Å². The molecule has 1 aliphatic heterocycles. The standard InChI is InChI=1S/C17H21N3OS/c18-12-13-6-7-15(20-8-2-1-3-9-20)14(11-13)19-17(21)16-5-4-10-22-16/h4-7,10-11H,1-3,8-9,12,18H2,(H,19,21). The Morgan fingerprint density at radius 2 is 2.05 bits per heavy atom. The maximum absolute atomic E-state index is 12.4. The Labute approximate surface area is 134 Å². The topological polar surface area (TPSA) is 58.4 Å². The van der Waals surface area contributed by atoms with Gasteiger partial charge in [-0.3, -0.25) is 4.79 Å². The van der Waals surface area contributed by atoms with Crippen LogP contribution in [0.1, 0.15) is 34.5 Å². The molecule has 3 rings (SSSR count). The number of carbonyl (C=O) groups is 1. The third kappa shape index (κ3) is 3.31. The maximum Gasteiger partial charge on any atom is 0.265 e. The van der Waals surface area contributed by atoms with Crippen molar-refractivity contribution in [1.29, 1.82) is 0 Å². The van der Waals surface area contributed by atoms with Gasteiger partial charge in [-0.1, -0.05) is 12.1 Å². The Bertz CT molecular complexity index is 633. The lowest BCUT2D eigenvalue weighted by Gasteiger charge is -2.30. The molecule has 3 N–H and O–H groups in total. The zero-order valence-electron chi connectivity index (χ0n) is 12.5. The molecule has 0 bridgehead atoms. The van der Waals surface area contributed by atoms with Crippen molar-refractivity contribution in [2.75, 3.05) is 23.3 Å². The molecular formula is C17H21N3OS. The molecule has 4 nitrogen and oxygen atoms in total. The minimum absolute atomic E-state index is 0.0533. The number of nitrogens with zero attached hydrogens (tertiary/aromatic N) is 1. The van der Waals surface area contributed by atoms with Gasteiger partial charge in [-0.25, -0.2) is 0 Å². The van der Waals surface area contributed by atoms with Crippen LogP contribution in [0.4, 0.5) is 11.4 Å². The van der Waals surface area contributed by atoms with E-state index in [2.05, 4.69) is 16.3 Å². The normalized spacial score (nSPS) is 14.9. The lowest BCUT2D eigenvalue weighted by Crippen LogP contribution is -2.30. The molecule has 22 heavy (non-hydrogen) atoms. The van der Waals surface area contributed by atoms with Crippen molar-refractivity contribution in [2.24, 2.45) is 5.73 Å². The number of hydrogen-bond acceptors (Lipinski definition) is 4. The van der Waals surface area contributed by atoms with Crippen molar-refractivity contribution in [3.63, 3.8) is 0 Å². The summed E-state index contributed by atoms with van der Waals surface area (Å²) in [5.74, 6) is -0.0533. The van der Waals surface area contributed by atoms with Gasteiger partial charge in [0.05, 0.1) is 16.3 Å². The third-order valence-electron chi connectivity index (χ3n) is 3.99. The highest BCUT2D eigenvalue weighted by Crippen LogP contribution is 2.30. The van der Waals surface area contributed by atoms with Crippen molar-refractivity contribution < 1.29 is 4.79 Å². The van der Waals surface area contributed by atoms with E-state index < -0.39 is 0 Å². The summed E-state index contributed by atoms with van der Waals surface area (Å²) >= 11 is 1.45. The quantitative estimate of drug-likeness (QED) is 0.908. The summed E-state index contributed by atoms with van der Waals surface area (Å²) < 4.78 is 0. The molecule has 0 radical (unpaired) electrons. The third-order valence-corrected chi connectivity index (χ3v) is 4.86. The van der Waals surface area contributed by atoms with Gasteiger partial charge in [0, 0.05) is 19.6 Å². The number of anilines is 2. The second-order valence-corrected chi connectivity index (χ2v) is 6.48. The molecule has 0 saturated carbocycles. The lowest BCUT2D eigenvalue weighted by molar-refractivity contribution is 0.103. The second-order valence-electron chi connectivity index (χ2n) is 5.53. The highest BCUT2D eigenvalue weighted by molar-refractivity contribution is 7.12. The summed E-state index contributed by atoms with van der Waals surface area (Å²) in [6, 6.07) is 9.85. The molecule has 1 amide bonds. The molecule has 2 aromatic rings. The van der Waals surface area contributed by atoms with E-state index in [1.807, 2.05) is 29.6 Å². The first kappa shape index (κ1) is 15.1. The monoisotopic (exact) mass is 315 g/mol. The zero-order valence-corrected chi connectivity index (χ0v) is 13.4. The summed E-state index contributed by atoms with van der Waals surface area (Å²) in [6.07, 6.45) is 3.70. The average molecular weight is 315 g/mol. The van der Waals surface area contributed by atoms with Crippen LogP contribution in [-0.2, 0) is 6.54 Å². The number of piperidine rings is 1. The number of thiophene rings is 1. The first-order valence-corrected chi connectivity index (χ1v) is 8.58. The molecule has 0 atom stereocenters. The molecule has 1 aromatic carbocycles. The highest BCUT2D eigenvalue weighted by atomic mass is 32.1. The summed E-state index contributed by atoms with van der Waals surface area (Å²) in [7, 11) is 0. The SMILES string of the molecule is NCc1ccc(N2CCCCC2)c(NC(=O)c2cccs2)c1. The van der Waals surface area contributed by atoms with E-state index in [9.17, 15) is 4.79 Å². The summed E-state index contributed by atoms with van der Waals surface area (Å²) in [5.41, 5.74) is 8.74. The van der Waals surface area contributed by atoms with Gasteiger partial charge in [0.15, 0.2) is 0 Å². The molecule has 116 valence electrons. The van der Waals surface area contributed by atoms with Gasteiger partial charge in [0.1, 0.15) is 0 Å². The van der Waals surface area contributed by atoms with Gasteiger partial charge in [-0.2, -0.15) is 0 Å². The van der Waals surface area contributed by atoms with Gasteiger partial charge in [-0.15, -0.1) is 11.3 Å². The molecule has 1 saturated heterocycles. The highest BCUT2D eigenvalue weighted by Gasteiger charge is 2.17.